The van der Waals surface area contributed by atoms with Crippen LogP contribution in [0.25, 0.3) is 10.8 Å². The molecule has 1 aliphatic heterocycles. The zero-order valence-corrected chi connectivity index (χ0v) is 12.2. The number of hydrogen-bond donors (Lipinski definition) is 2. The lowest BCUT2D eigenvalue weighted by molar-refractivity contribution is 0.479. The van der Waals surface area contributed by atoms with Gasteiger partial charge in [0.2, 0.25) is 0 Å². The average Bonchev–Trinajstić information content (AvgIpc) is 2.48. The summed E-state index contributed by atoms with van der Waals surface area (Å²) in [6.07, 6.45) is 4.23. The molecule has 1 aromatic heterocycles. The number of nitrogens with one attached hydrogen (secondary N) is 2. The molecular formula is C16H22N4. The molecule has 2 heterocycles. The molecule has 106 valence electrons. The molecule has 0 bridgehead atoms. The minimum atomic E-state index is 0.553. The lowest BCUT2D eigenvalue weighted by Crippen LogP contribution is -2.35. The predicted molar refractivity (Wildman–Crippen MR) is 85.6 cm³/mol. The third kappa shape index (κ3) is 2.56. The van der Waals surface area contributed by atoms with Crippen LogP contribution in [0.3, 0.4) is 0 Å². The molecule has 2 aromatic rings. The molecule has 0 saturated carbocycles. The van der Waals surface area contributed by atoms with E-state index in [9.17, 15) is 0 Å². The first-order valence-electron chi connectivity index (χ1n) is 7.28. The molecule has 0 spiro atoms. The number of fused-ring (bicyclic) bond motifs is 1. The maximum atomic E-state index is 4.53. The molecule has 4 heteroatoms. The number of rotatable bonds is 3. The number of piperidine rings is 1. The highest BCUT2D eigenvalue weighted by molar-refractivity contribution is 6.01. The van der Waals surface area contributed by atoms with Crippen molar-refractivity contribution in [2.24, 2.45) is 0 Å². The second-order valence-electron chi connectivity index (χ2n) is 5.60. The van der Waals surface area contributed by atoms with Gasteiger partial charge in [0, 0.05) is 37.4 Å². The number of hydrogen-bond acceptors (Lipinski definition) is 4. The number of pyridine rings is 1. The van der Waals surface area contributed by atoms with Crippen molar-refractivity contribution in [2.75, 3.05) is 37.4 Å². The maximum Gasteiger partial charge on any atom is 0.137 e. The minimum absolute atomic E-state index is 0.553. The van der Waals surface area contributed by atoms with E-state index in [1.165, 1.54) is 29.3 Å². The monoisotopic (exact) mass is 270 g/mol. The summed E-state index contributed by atoms with van der Waals surface area (Å²) >= 11 is 0. The molecule has 1 aromatic carbocycles. The summed E-state index contributed by atoms with van der Waals surface area (Å²) in [5.41, 5.74) is 1.20. The van der Waals surface area contributed by atoms with Gasteiger partial charge >= 0.3 is 0 Å². The highest BCUT2D eigenvalue weighted by Gasteiger charge is 2.15. The molecule has 0 unspecified atom stereocenters. The van der Waals surface area contributed by atoms with Crippen LogP contribution in [0.15, 0.2) is 30.5 Å². The van der Waals surface area contributed by atoms with Crippen LogP contribution in [-0.2, 0) is 0 Å². The van der Waals surface area contributed by atoms with Crippen LogP contribution in [0.5, 0.6) is 0 Å². The Labute approximate surface area is 120 Å². The minimum Gasteiger partial charge on any atom is -0.382 e. The van der Waals surface area contributed by atoms with Crippen LogP contribution in [0, 0.1) is 0 Å². The van der Waals surface area contributed by atoms with E-state index in [0.29, 0.717) is 6.04 Å². The average molecular weight is 270 g/mol. The Morgan fingerprint density at radius 1 is 1.20 bits per heavy atom. The van der Waals surface area contributed by atoms with Gasteiger partial charge in [-0.2, -0.15) is 0 Å². The van der Waals surface area contributed by atoms with Gasteiger partial charge in [-0.15, -0.1) is 0 Å². The Bertz CT molecular complexity index is 583. The van der Waals surface area contributed by atoms with Gasteiger partial charge in [0.15, 0.2) is 0 Å². The summed E-state index contributed by atoms with van der Waals surface area (Å²) in [5.74, 6) is 1.03. The highest BCUT2D eigenvalue weighted by Crippen LogP contribution is 2.31. The molecule has 1 aliphatic rings. The number of nitrogens with zero attached hydrogens (tertiary/aromatic N) is 2. The van der Waals surface area contributed by atoms with Crippen molar-refractivity contribution < 1.29 is 0 Å². The fourth-order valence-corrected chi connectivity index (χ4v) is 2.86. The van der Waals surface area contributed by atoms with E-state index in [0.717, 1.165) is 18.9 Å². The van der Waals surface area contributed by atoms with Crippen molar-refractivity contribution >= 4 is 22.3 Å². The van der Waals surface area contributed by atoms with Crippen molar-refractivity contribution in [3.05, 3.63) is 30.5 Å². The molecule has 0 atom stereocenters. The number of aromatic nitrogens is 1. The van der Waals surface area contributed by atoms with E-state index >= 15 is 0 Å². The van der Waals surface area contributed by atoms with Crippen molar-refractivity contribution in [1.29, 1.82) is 0 Å². The van der Waals surface area contributed by atoms with Gasteiger partial charge in [-0.1, -0.05) is 12.1 Å². The fraction of sp³-hybridized carbons (Fsp3) is 0.438. The lowest BCUT2D eigenvalue weighted by Gasteiger charge is -2.26. The smallest absolute Gasteiger partial charge is 0.137 e. The molecule has 20 heavy (non-hydrogen) atoms. The number of benzene rings is 1. The van der Waals surface area contributed by atoms with Gasteiger partial charge in [-0.25, -0.2) is 4.98 Å². The zero-order chi connectivity index (χ0) is 13.9. The molecule has 1 saturated heterocycles. The Kier molecular flexibility index (Phi) is 3.74. The first-order chi connectivity index (χ1) is 9.75. The first-order valence-corrected chi connectivity index (χ1v) is 7.28. The molecule has 4 nitrogen and oxygen atoms in total. The van der Waals surface area contributed by atoms with Gasteiger partial charge in [0.1, 0.15) is 5.82 Å². The Morgan fingerprint density at radius 2 is 2.00 bits per heavy atom. The van der Waals surface area contributed by atoms with Crippen LogP contribution in [0.2, 0.25) is 0 Å². The molecule has 2 N–H and O–H groups in total. The van der Waals surface area contributed by atoms with Gasteiger partial charge in [0.05, 0.1) is 0 Å². The molecule has 0 aliphatic carbocycles. The summed E-state index contributed by atoms with van der Waals surface area (Å²) in [6.45, 7) is 2.20. The number of anilines is 2. The highest BCUT2D eigenvalue weighted by atomic mass is 15.1. The van der Waals surface area contributed by atoms with Gasteiger partial charge in [0.25, 0.3) is 0 Å². The summed E-state index contributed by atoms with van der Waals surface area (Å²) in [4.78, 5) is 6.61. The third-order valence-corrected chi connectivity index (χ3v) is 3.89. The molecule has 1 fully saturated rings. The Morgan fingerprint density at radius 3 is 2.75 bits per heavy atom. The van der Waals surface area contributed by atoms with E-state index in [-0.39, 0.29) is 0 Å². The first kappa shape index (κ1) is 13.2. The lowest BCUT2D eigenvalue weighted by atomic mass is 10.0. The fourth-order valence-electron chi connectivity index (χ4n) is 2.86. The summed E-state index contributed by atoms with van der Waals surface area (Å²) in [6, 6.07) is 9.06. The van der Waals surface area contributed by atoms with Crippen molar-refractivity contribution in [3.8, 4) is 0 Å². The zero-order valence-electron chi connectivity index (χ0n) is 12.2. The third-order valence-electron chi connectivity index (χ3n) is 3.89. The van der Waals surface area contributed by atoms with E-state index in [1.54, 1.807) is 0 Å². The Balaban J connectivity index is 2.00. The topological polar surface area (TPSA) is 40.2 Å². The van der Waals surface area contributed by atoms with Gasteiger partial charge in [-0.05, 0) is 43.5 Å². The SMILES string of the molecule is CN(C)c1nccc2cccc(NC3CCNCC3)c12. The Hall–Kier alpha value is -1.81. The van der Waals surface area contributed by atoms with Crippen molar-refractivity contribution in [1.82, 2.24) is 10.3 Å². The second kappa shape index (κ2) is 5.67. The molecular weight excluding hydrogens is 248 g/mol. The summed E-state index contributed by atoms with van der Waals surface area (Å²) in [5, 5.41) is 9.58. The van der Waals surface area contributed by atoms with Crippen LogP contribution in [-0.4, -0.2) is 38.2 Å². The predicted octanol–water partition coefficient (Wildman–Crippen LogP) is 2.46. The summed E-state index contributed by atoms with van der Waals surface area (Å²) < 4.78 is 0. The van der Waals surface area contributed by atoms with E-state index in [1.807, 2.05) is 20.3 Å². The molecule has 0 amide bonds. The normalized spacial score (nSPS) is 16.3. The van der Waals surface area contributed by atoms with Gasteiger partial charge in [-0.3, -0.25) is 0 Å². The van der Waals surface area contributed by atoms with E-state index in [2.05, 4.69) is 44.8 Å². The van der Waals surface area contributed by atoms with E-state index in [4.69, 9.17) is 0 Å². The van der Waals surface area contributed by atoms with Crippen LogP contribution < -0.4 is 15.5 Å². The molecule has 3 rings (SSSR count). The van der Waals surface area contributed by atoms with E-state index < -0.39 is 0 Å². The quantitative estimate of drug-likeness (QED) is 0.899. The van der Waals surface area contributed by atoms with Crippen molar-refractivity contribution in [2.45, 2.75) is 18.9 Å². The van der Waals surface area contributed by atoms with Gasteiger partial charge < -0.3 is 15.5 Å². The maximum absolute atomic E-state index is 4.53. The largest absolute Gasteiger partial charge is 0.382 e. The van der Waals surface area contributed by atoms with Crippen LogP contribution in [0.4, 0.5) is 11.5 Å². The summed E-state index contributed by atoms with van der Waals surface area (Å²) in [7, 11) is 4.09. The van der Waals surface area contributed by atoms with Crippen LogP contribution >= 0.6 is 0 Å². The second-order valence-corrected chi connectivity index (χ2v) is 5.60. The van der Waals surface area contributed by atoms with Crippen molar-refractivity contribution in [3.63, 3.8) is 0 Å². The standard InChI is InChI=1S/C16H22N4/c1-20(2)16-15-12(6-11-18-16)4-3-5-14(15)19-13-7-9-17-10-8-13/h3-6,11,13,17,19H,7-10H2,1-2H3. The molecule has 0 radical (unpaired) electrons. The van der Waals surface area contributed by atoms with Crippen LogP contribution in [0.1, 0.15) is 12.8 Å².